The van der Waals surface area contributed by atoms with Gasteiger partial charge in [-0.25, -0.2) is 9.59 Å². The predicted octanol–water partition coefficient (Wildman–Crippen LogP) is 2.13. The Hall–Kier alpha value is -3.66. The number of nitrogens with zero attached hydrogens (tertiary/aromatic N) is 1. The van der Waals surface area contributed by atoms with Crippen LogP contribution in [-0.4, -0.2) is 24.0 Å². The fourth-order valence-corrected chi connectivity index (χ4v) is 2.03. The quantitative estimate of drug-likeness (QED) is 0.802. The number of amides is 3. The maximum Gasteiger partial charge on any atom is 0.338 e. The Labute approximate surface area is 150 Å². The lowest BCUT2D eigenvalue weighted by molar-refractivity contribution is -0.127. The lowest BCUT2D eigenvalue weighted by Gasteiger charge is -2.13. The van der Waals surface area contributed by atoms with Crippen molar-refractivity contribution in [1.82, 2.24) is 10.6 Å². The van der Waals surface area contributed by atoms with Gasteiger partial charge in [-0.05, 0) is 30.7 Å². The van der Waals surface area contributed by atoms with Crippen molar-refractivity contribution in [3.63, 3.8) is 0 Å². The number of nitrogens with one attached hydrogen (secondary N) is 2. The molecule has 0 bridgehead atoms. The van der Waals surface area contributed by atoms with E-state index < -0.39 is 24.0 Å². The summed E-state index contributed by atoms with van der Waals surface area (Å²) in [6.07, 6.45) is -1.17. The Bertz CT molecular complexity index is 843. The monoisotopic (exact) mass is 351 g/mol. The molecule has 0 aliphatic carbocycles. The second kappa shape index (κ2) is 8.99. The van der Waals surface area contributed by atoms with Gasteiger partial charge in [0, 0.05) is 6.54 Å². The molecule has 1 atom stereocenters. The molecule has 0 aliphatic rings. The van der Waals surface area contributed by atoms with E-state index in [2.05, 4.69) is 10.6 Å². The summed E-state index contributed by atoms with van der Waals surface area (Å²) in [6.45, 7) is 1.61. The van der Waals surface area contributed by atoms with Crippen molar-refractivity contribution < 1.29 is 19.1 Å². The minimum atomic E-state index is -1.17. The highest BCUT2D eigenvalue weighted by Crippen LogP contribution is 2.07. The van der Waals surface area contributed by atoms with E-state index in [1.54, 1.807) is 6.07 Å². The molecule has 2 rings (SSSR count). The molecule has 0 heterocycles. The fraction of sp³-hybridized carbons (Fsp3) is 0.158. The number of nitriles is 1. The van der Waals surface area contributed by atoms with Gasteiger partial charge in [-0.3, -0.25) is 10.1 Å². The molecule has 0 aliphatic heterocycles. The van der Waals surface area contributed by atoms with Gasteiger partial charge in [0.2, 0.25) is 0 Å². The number of benzene rings is 2. The summed E-state index contributed by atoms with van der Waals surface area (Å²) >= 11 is 0. The summed E-state index contributed by atoms with van der Waals surface area (Å²) in [5.41, 5.74) is 1.33. The molecule has 2 aromatic rings. The number of hydrogen-bond acceptors (Lipinski definition) is 5. The van der Waals surface area contributed by atoms with Crippen LogP contribution in [0, 0.1) is 11.3 Å². The minimum Gasteiger partial charge on any atom is -0.449 e. The van der Waals surface area contributed by atoms with E-state index in [4.69, 9.17) is 10.00 Å². The van der Waals surface area contributed by atoms with Gasteiger partial charge < -0.3 is 10.1 Å². The van der Waals surface area contributed by atoms with Crippen LogP contribution in [0.3, 0.4) is 0 Å². The molecule has 0 radical (unpaired) electrons. The van der Waals surface area contributed by atoms with Gasteiger partial charge in [0.05, 0.1) is 17.2 Å². The van der Waals surface area contributed by atoms with Gasteiger partial charge in [-0.15, -0.1) is 0 Å². The second-order valence-corrected chi connectivity index (χ2v) is 5.40. The van der Waals surface area contributed by atoms with Crippen LogP contribution in [0.2, 0.25) is 0 Å². The summed E-state index contributed by atoms with van der Waals surface area (Å²) in [7, 11) is 0. The standard InChI is InChI=1S/C19H17N3O4/c1-13(26-18(24)16-9-5-8-15(10-16)11-20)17(23)22-19(25)21-12-14-6-3-2-4-7-14/h2-10,13H,12H2,1H3,(H2,21,22,23,25)/t13-/m0/s1. The Morgan fingerprint density at radius 2 is 1.85 bits per heavy atom. The van der Waals surface area contributed by atoms with E-state index in [0.717, 1.165) is 5.56 Å². The Balaban J connectivity index is 1.83. The fourth-order valence-electron chi connectivity index (χ4n) is 2.03. The minimum absolute atomic E-state index is 0.150. The molecular formula is C19H17N3O4. The molecule has 7 heteroatoms. The average molecular weight is 351 g/mol. The first-order valence-electron chi connectivity index (χ1n) is 7.83. The van der Waals surface area contributed by atoms with Gasteiger partial charge in [0.25, 0.3) is 5.91 Å². The Kier molecular flexibility index (Phi) is 6.46. The summed E-state index contributed by atoms with van der Waals surface area (Å²) < 4.78 is 5.02. The van der Waals surface area contributed by atoms with Gasteiger partial charge in [-0.2, -0.15) is 5.26 Å². The third-order valence-electron chi connectivity index (χ3n) is 3.41. The van der Waals surface area contributed by atoms with Crippen molar-refractivity contribution >= 4 is 17.9 Å². The smallest absolute Gasteiger partial charge is 0.338 e. The van der Waals surface area contributed by atoms with Crippen LogP contribution in [-0.2, 0) is 16.1 Å². The molecule has 3 amide bonds. The van der Waals surface area contributed by atoms with Crippen molar-refractivity contribution in [2.24, 2.45) is 0 Å². The number of carbonyl (C=O) groups excluding carboxylic acids is 3. The van der Waals surface area contributed by atoms with E-state index >= 15 is 0 Å². The first kappa shape index (κ1) is 18.7. The molecule has 132 valence electrons. The maximum absolute atomic E-state index is 12.0. The molecular weight excluding hydrogens is 334 g/mol. The highest BCUT2D eigenvalue weighted by molar-refractivity contribution is 5.98. The SMILES string of the molecule is C[C@H](OC(=O)c1cccc(C#N)c1)C(=O)NC(=O)NCc1ccccc1. The van der Waals surface area contributed by atoms with E-state index in [-0.39, 0.29) is 12.1 Å². The van der Waals surface area contributed by atoms with E-state index in [9.17, 15) is 14.4 Å². The number of urea groups is 1. The van der Waals surface area contributed by atoms with Crippen molar-refractivity contribution in [3.05, 3.63) is 71.3 Å². The van der Waals surface area contributed by atoms with Gasteiger partial charge in [0.15, 0.2) is 6.10 Å². The van der Waals surface area contributed by atoms with Crippen LogP contribution in [0.25, 0.3) is 0 Å². The highest BCUT2D eigenvalue weighted by atomic mass is 16.5. The summed E-state index contributed by atoms with van der Waals surface area (Å²) in [5, 5.41) is 13.5. The Morgan fingerprint density at radius 3 is 2.54 bits per heavy atom. The topological polar surface area (TPSA) is 108 Å². The molecule has 26 heavy (non-hydrogen) atoms. The van der Waals surface area contributed by atoms with Crippen LogP contribution in [0.15, 0.2) is 54.6 Å². The van der Waals surface area contributed by atoms with Gasteiger partial charge in [0.1, 0.15) is 0 Å². The molecule has 0 saturated heterocycles. The van der Waals surface area contributed by atoms with E-state index in [1.165, 1.54) is 25.1 Å². The van der Waals surface area contributed by atoms with Crippen molar-refractivity contribution in [1.29, 1.82) is 5.26 Å². The van der Waals surface area contributed by atoms with Gasteiger partial charge >= 0.3 is 12.0 Å². The number of hydrogen-bond donors (Lipinski definition) is 2. The number of ether oxygens (including phenoxy) is 1. The first-order chi connectivity index (χ1) is 12.5. The largest absolute Gasteiger partial charge is 0.449 e. The number of carbonyl (C=O) groups is 3. The lowest BCUT2D eigenvalue weighted by Crippen LogP contribution is -2.44. The van der Waals surface area contributed by atoms with Crippen LogP contribution in [0.5, 0.6) is 0 Å². The van der Waals surface area contributed by atoms with Crippen LogP contribution in [0.1, 0.15) is 28.4 Å². The van der Waals surface area contributed by atoms with E-state index in [1.807, 2.05) is 36.4 Å². The van der Waals surface area contributed by atoms with Crippen molar-refractivity contribution in [2.45, 2.75) is 19.6 Å². The molecule has 0 fully saturated rings. The maximum atomic E-state index is 12.0. The highest BCUT2D eigenvalue weighted by Gasteiger charge is 2.20. The number of esters is 1. The van der Waals surface area contributed by atoms with Crippen molar-refractivity contribution in [2.75, 3.05) is 0 Å². The van der Waals surface area contributed by atoms with Gasteiger partial charge in [-0.1, -0.05) is 36.4 Å². The van der Waals surface area contributed by atoms with Crippen LogP contribution >= 0.6 is 0 Å². The third-order valence-corrected chi connectivity index (χ3v) is 3.41. The molecule has 0 spiro atoms. The molecule has 0 aromatic heterocycles. The molecule has 0 unspecified atom stereocenters. The molecule has 7 nitrogen and oxygen atoms in total. The number of imide groups is 1. The summed E-state index contributed by atoms with van der Waals surface area (Å²) in [6, 6.07) is 16.3. The zero-order valence-electron chi connectivity index (χ0n) is 14.1. The second-order valence-electron chi connectivity index (χ2n) is 5.40. The lowest BCUT2D eigenvalue weighted by atomic mass is 10.1. The average Bonchev–Trinajstić information content (AvgIpc) is 2.67. The predicted molar refractivity (Wildman–Crippen MR) is 92.9 cm³/mol. The number of rotatable bonds is 5. The first-order valence-corrected chi connectivity index (χ1v) is 7.83. The van der Waals surface area contributed by atoms with Crippen LogP contribution in [0.4, 0.5) is 4.79 Å². The molecule has 2 aromatic carbocycles. The normalized spacial score (nSPS) is 10.9. The van der Waals surface area contributed by atoms with Crippen molar-refractivity contribution in [3.8, 4) is 6.07 Å². The third kappa shape index (κ3) is 5.46. The molecule has 0 saturated carbocycles. The van der Waals surface area contributed by atoms with Crippen LogP contribution < -0.4 is 10.6 Å². The van der Waals surface area contributed by atoms with E-state index in [0.29, 0.717) is 5.56 Å². The molecule has 2 N–H and O–H groups in total. The summed E-state index contributed by atoms with van der Waals surface area (Å²) in [4.78, 5) is 35.7. The zero-order valence-corrected chi connectivity index (χ0v) is 14.1. The Morgan fingerprint density at radius 1 is 1.12 bits per heavy atom. The zero-order chi connectivity index (χ0) is 18.9. The summed E-state index contributed by atoms with van der Waals surface area (Å²) in [5.74, 6) is -1.50.